The molecule has 1 heterocycles. The minimum Gasteiger partial charge on any atom is -0.462 e. The Balaban J connectivity index is 1.11. The number of fused-ring (bicyclic) bond motifs is 5. The SMILES string of the molecule is CC(C)CCCCC1CCC2C3CC=C4CC(OC(=O)CCC(=O)N5CCN(C)CCN(C)CC5)CCC4(C)C3CCC12C. The maximum Gasteiger partial charge on any atom is 0.306 e. The molecule has 1 aliphatic heterocycles. The molecule has 5 aliphatic rings. The number of carbonyl (C=O) groups excluding carboxylic acids is 2. The molecule has 250 valence electrons. The van der Waals surface area contributed by atoms with Crippen LogP contribution in [0.15, 0.2) is 11.6 Å². The van der Waals surface area contributed by atoms with Crippen LogP contribution in [0.4, 0.5) is 0 Å². The highest BCUT2D eigenvalue weighted by molar-refractivity contribution is 5.81. The molecule has 0 aromatic carbocycles. The molecule has 6 nitrogen and oxygen atoms in total. The number of allylic oxidation sites excluding steroid dienone is 1. The number of amides is 1. The van der Waals surface area contributed by atoms with Gasteiger partial charge in [-0.3, -0.25) is 9.59 Å². The predicted molar refractivity (Wildman–Crippen MR) is 179 cm³/mol. The number of rotatable bonds is 9. The van der Waals surface area contributed by atoms with E-state index in [-0.39, 0.29) is 36.2 Å². The van der Waals surface area contributed by atoms with E-state index in [9.17, 15) is 9.59 Å². The Labute approximate surface area is 269 Å². The van der Waals surface area contributed by atoms with E-state index in [2.05, 4.69) is 57.7 Å². The molecule has 44 heavy (non-hydrogen) atoms. The molecule has 5 rings (SSSR count). The van der Waals surface area contributed by atoms with E-state index in [1.54, 1.807) is 5.57 Å². The normalized spacial score (nSPS) is 36.8. The standard InChI is InChI=1S/C38H65N3O3/c1-28(2)9-7-8-10-29-12-14-33-32-13-11-30-27-31(17-19-38(30,4)34(32)18-20-37(29,33)3)44-36(43)16-15-35(42)41-25-23-39(5)21-22-40(6)24-26-41/h11,28-29,31-34H,7-10,12-27H2,1-6H3. The zero-order chi connectivity index (χ0) is 31.5. The van der Waals surface area contributed by atoms with Crippen LogP contribution in [0.25, 0.3) is 0 Å². The number of unbranched alkanes of at least 4 members (excludes halogenated alkanes) is 1. The molecule has 1 amide bonds. The summed E-state index contributed by atoms with van der Waals surface area (Å²) in [5.74, 6) is 4.15. The Kier molecular flexibility index (Phi) is 11.2. The summed E-state index contributed by atoms with van der Waals surface area (Å²) in [5.41, 5.74) is 2.38. The summed E-state index contributed by atoms with van der Waals surface area (Å²) in [7, 11) is 4.23. The summed E-state index contributed by atoms with van der Waals surface area (Å²) in [6, 6.07) is 0. The van der Waals surface area contributed by atoms with Gasteiger partial charge in [0.15, 0.2) is 0 Å². The van der Waals surface area contributed by atoms with E-state index in [0.29, 0.717) is 5.41 Å². The van der Waals surface area contributed by atoms with Gasteiger partial charge in [0.25, 0.3) is 0 Å². The molecule has 0 N–H and O–H groups in total. The minimum atomic E-state index is -0.196. The third-order valence-corrected chi connectivity index (χ3v) is 13.4. The van der Waals surface area contributed by atoms with Crippen molar-refractivity contribution in [3.8, 4) is 0 Å². The van der Waals surface area contributed by atoms with E-state index >= 15 is 0 Å². The minimum absolute atomic E-state index is 0.0310. The molecular formula is C38H65N3O3. The van der Waals surface area contributed by atoms with E-state index in [4.69, 9.17) is 4.74 Å². The van der Waals surface area contributed by atoms with Crippen molar-refractivity contribution in [1.29, 1.82) is 0 Å². The zero-order valence-electron chi connectivity index (χ0n) is 29.2. The highest BCUT2D eigenvalue weighted by atomic mass is 16.5. The van der Waals surface area contributed by atoms with Gasteiger partial charge in [-0.15, -0.1) is 0 Å². The molecule has 4 aliphatic carbocycles. The Morgan fingerprint density at radius 1 is 0.886 bits per heavy atom. The Morgan fingerprint density at radius 3 is 2.30 bits per heavy atom. The molecular weight excluding hydrogens is 546 g/mol. The van der Waals surface area contributed by atoms with Crippen molar-refractivity contribution in [2.24, 2.45) is 40.4 Å². The first kappa shape index (κ1) is 33.9. The van der Waals surface area contributed by atoms with E-state index in [1.807, 2.05) is 4.90 Å². The number of ether oxygens (including phenoxy) is 1. The lowest BCUT2D eigenvalue weighted by molar-refractivity contribution is -0.153. The summed E-state index contributed by atoms with van der Waals surface area (Å²) in [6.45, 7) is 15.2. The van der Waals surface area contributed by atoms with Gasteiger partial charge in [-0.25, -0.2) is 0 Å². The smallest absolute Gasteiger partial charge is 0.306 e. The molecule has 0 aromatic heterocycles. The van der Waals surface area contributed by atoms with Gasteiger partial charge in [0, 0.05) is 52.1 Å². The van der Waals surface area contributed by atoms with Gasteiger partial charge in [0.05, 0.1) is 6.42 Å². The maximum atomic E-state index is 13.0. The van der Waals surface area contributed by atoms with Crippen LogP contribution in [0, 0.1) is 40.4 Å². The van der Waals surface area contributed by atoms with Crippen molar-refractivity contribution in [3.05, 3.63) is 11.6 Å². The Bertz CT molecular complexity index is 1010. The van der Waals surface area contributed by atoms with Gasteiger partial charge in [-0.1, -0.05) is 58.6 Å². The lowest BCUT2D eigenvalue weighted by atomic mass is 9.47. The number of nitrogens with zero attached hydrogens (tertiary/aromatic N) is 3. The fourth-order valence-electron chi connectivity index (χ4n) is 10.4. The third kappa shape index (κ3) is 7.59. The Morgan fingerprint density at radius 2 is 1.59 bits per heavy atom. The van der Waals surface area contributed by atoms with Gasteiger partial charge in [-0.05, 0) is 106 Å². The largest absolute Gasteiger partial charge is 0.462 e. The molecule has 0 spiro atoms. The molecule has 4 fully saturated rings. The number of hydrogen-bond donors (Lipinski definition) is 0. The number of likely N-dealkylation sites (N-methyl/N-ethyl adjacent to an activating group) is 2. The maximum absolute atomic E-state index is 13.0. The van der Waals surface area contributed by atoms with Crippen LogP contribution in [0.2, 0.25) is 0 Å². The van der Waals surface area contributed by atoms with Gasteiger partial charge >= 0.3 is 5.97 Å². The second kappa shape index (κ2) is 14.6. The summed E-state index contributed by atoms with van der Waals surface area (Å²) < 4.78 is 6.05. The summed E-state index contributed by atoms with van der Waals surface area (Å²) in [4.78, 5) is 32.5. The summed E-state index contributed by atoms with van der Waals surface area (Å²) in [6.07, 6.45) is 18.5. The molecule has 0 aromatic rings. The summed E-state index contributed by atoms with van der Waals surface area (Å²) in [5, 5.41) is 0. The van der Waals surface area contributed by atoms with Crippen molar-refractivity contribution in [2.45, 2.75) is 124 Å². The van der Waals surface area contributed by atoms with Gasteiger partial charge in [-0.2, -0.15) is 0 Å². The molecule has 3 saturated carbocycles. The van der Waals surface area contributed by atoms with Gasteiger partial charge in [0.2, 0.25) is 5.91 Å². The second-order valence-corrected chi connectivity index (χ2v) is 16.6. The average Bonchev–Trinajstić information content (AvgIpc) is 3.36. The lowest BCUT2D eigenvalue weighted by Gasteiger charge is -2.58. The molecule has 6 heteroatoms. The van der Waals surface area contributed by atoms with E-state index in [0.717, 1.165) is 88.1 Å². The number of esters is 1. The summed E-state index contributed by atoms with van der Waals surface area (Å²) >= 11 is 0. The quantitative estimate of drug-likeness (QED) is 0.157. The van der Waals surface area contributed by atoms with Crippen LogP contribution in [0.1, 0.15) is 118 Å². The number of carbonyl (C=O) groups is 2. The molecule has 7 unspecified atom stereocenters. The first-order valence-electron chi connectivity index (χ1n) is 18.5. The predicted octanol–water partition coefficient (Wildman–Crippen LogP) is 7.18. The van der Waals surface area contributed by atoms with Crippen LogP contribution in [-0.2, 0) is 14.3 Å². The van der Waals surface area contributed by atoms with Crippen LogP contribution >= 0.6 is 0 Å². The van der Waals surface area contributed by atoms with Crippen molar-refractivity contribution in [3.63, 3.8) is 0 Å². The van der Waals surface area contributed by atoms with Crippen molar-refractivity contribution in [1.82, 2.24) is 14.7 Å². The fraction of sp³-hybridized carbons (Fsp3) is 0.895. The first-order valence-corrected chi connectivity index (χ1v) is 18.5. The van der Waals surface area contributed by atoms with E-state index in [1.165, 1.54) is 57.8 Å². The lowest BCUT2D eigenvalue weighted by Crippen LogP contribution is -2.50. The highest BCUT2D eigenvalue weighted by Gasteiger charge is 2.58. The monoisotopic (exact) mass is 612 g/mol. The van der Waals surface area contributed by atoms with E-state index < -0.39 is 0 Å². The first-order chi connectivity index (χ1) is 21.0. The second-order valence-electron chi connectivity index (χ2n) is 16.6. The fourth-order valence-corrected chi connectivity index (χ4v) is 10.4. The van der Waals surface area contributed by atoms with Crippen molar-refractivity contribution >= 4 is 11.9 Å². The average molecular weight is 612 g/mol. The highest BCUT2D eigenvalue weighted by Crippen LogP contribution is 2.66. The number of hydrogen-bond acceptors (Lipinski definition) is 5. The third-order valence-electron chi connectivity index (χ3n) is 13.4. The van der Waals surface area contributed by atoms with Crippen molar-refractivity contribution < 1.29 is 14.3 Å². The van der Waals surface area contributed by atoms with Crippen molar-refractivity contribution in [2.75, 3.05) is 53.4 Å². The van der Waals surface area contributed by atoms with Crippen LogP contribution in [-0.4, -0.2) is 86.0 Å². The van der Waals surface area contributed by atoms with Crippen LogP contribution in [0.5, 0.6) is 0 Å². The van der Waals surface area contributed by atoms with Crippen LogP contribution in [0.3, 0.4) is 0 Å². The molecule has 0 radical (unpaired) electrons. The van der Waals surface area contributed by atoms with Crippen LogP contribution < -0.4 is 0 Å². The molecule has 7 atom stereocenters. The Hall–Kier alpha value is -1.40. The van der Waals surface area contributed by atoms with Gasteiger partial charge in [0.1, 0.15) is 6.10 Å². The molecule has 0 bridgehead atoms. The van der Waals surface area contributed by atoms with Gasteiger partial charge < -0.3 is 19.4 Å². The topological polar surface area (TPSA) is 53.1 Å². The zero-order valence-corrected chi connectivity index (χ0v) is 29.2. The molecule has 1 saturated heterocycles.